The number of nitrogens with one attached hydrogen (secondary N) is 1. The zero-order chi connectivity index (χ0) is 23.5. The van der Waals surface area contributed by atoms with Gasteiger partial charge in [0, 0.05) is 6.07 Å². The third-order valence-corrected chi connectivity index (χ3v) is 4.55. The molecule has 0 radical (unpaired) electrons. The number of nitrogens with zero attached hydrogens (tertiary/aromatic N) is 2. The van der Waals surface area contributed by atoms with Crippen LogP contribution in [0.4, 0.5) is 13.2 Å². The van der Waals surface area contributed by atoms with Crippen molar-refractivity contribution < 1.29 is 37.7 Å². The number of carboxylic acid groups (broad SMARTS) is 1. The third kappa shape index (κ3) is 4.99. The lowest BCUT2D eigenvalue weighted by Gasteiger charge is -2.22. The molecule has 32 heavy (non-hydrogen) atoms. The zero-order valence-corrected chi connectivity index (χ0v) is 16.6. The maximum Gasteiger partial charge on any atom is 0.416 e. The van der Waals surface area contributed by atoms with Crippen molar-refractivity contribution in [2.24, 2.45) is 0 Å². The van der Waals surface area contributed by atoms with E-state index in [1.54, 1.807) is 30.3 Å². The van der Waals surface area contributed by atoms with E-state index < -0.39 is 41.6 Å². The lowest BCUT2D eigenvalue weighted by atomic mass is 9.96. The van der Waals surface area contributed by atoms with Gasteiger partial charge in [0.2, 0.25) is 5.88 Å². The predicted molar refractivity (Wildman–Crippen MR) is 106 cm³/mol. The van der Waals surface area contributed by atoms with Crippen LogP contribution in [0.1, 0.15) is 34.1 Å². The summed E-state index contributed by atoms with van der Waals surface area (Å²) in [5.41, 5.74) is -1.44. The summed E-state index contributed by atoms with van der Waals surface area (Å²) in [6, 6.07) is 10.9. The second-order valence-corrected chi connectivity index (χ2v) is 6.71. The Morgan fingerprint density at radius 1 is 1.16 bits per heavy atom. The van der Waals surface area contributed by atoms with Gasteiger partial charge in [0.15, 0.2) is 5.69 Å². The van der Waals surface area contributed by atoms with E-state index in [4.69, 9.17) is 4.74 Å². The van der Waals surface area contributed by atoms with Gasteiger partial charge in [0.25, 0.3) is 5.91 Å². The Hall–Kier alpha value is -4.02. The lowest BCUT2D eigenvalue weighted by molar-refractivity contribution is -0.140. The van der Waals surface area contributed by atoms with E-state index in [2.05, 4.69) is 10.4 Å². The third-order valence-electron chi connectivity index (χ3n) is 4.55. The smallest absolute Gasteiger partial charge is 0.416 e. The summed E-state index contributed by atoms with van der Waals surface area (Å²) in [5, 5.41) is 25.6. The molecule has 3 rings (SSSR count). The number of aromatic nitrogens is 2. The Kier molecular flexibility index (Phi) is 6.37. The van der Waals surface area contributed by atoms with Crippen molar-refractivity contribution in [2.45, 2.75) is 18.6 Å². The quantitative estimate of drug-likeness (QED) is 0.508. The molecule has 3 N–H and O–H groups in total. The van der Waals surface area contributed by atoms with E-state index in [9.17, 15) is 33.0 Å². The van der Waals surface area contributed by atoms with Gasteiger partial charge in [0.1, 0.15) is 5.75 Å². The van der Waals surface area contributed by atoms with Gasteiger partial charge in [-0.15, -0.1) is 0 Å². The molecule has 0 fully saturated rings. The summed E-state index contributed by atoms with van der Waals surface area (Å²) in [7, 11) is 1.20. The Morgan fingerprint density at radius 3 is 2.44 bits per heavy atom. The second-order valence-electron chi connectivity index (χ2n) is 6.71. The highest BCUT2D eigenvalue weighted by Gasteiger charge is 2.37. The normalized spacial score (nSPS) is 12.2. The van der Waals surface area contributed by atoms with Gasteiger partial charge in [-0.25, -0.2) is 4.68 Å². The van der Waals surface area contributed by atoms with E-state index in [0.29, 0.717) is 5.69 Å². The summed E-state index contributed by atoms with van der Waals surface area (Å²) in [4.78, 5) is 24.0. The predicted octanol–water partition coefficient (Wildman–Crippen LogP) is 3.55. The maximum absolute atomic E-state index is 13.6. The number of aliphatic carboxylic acids is 1. The lowest BCUT2D eigenvalue weighted by Crippen LogP contribution is -2.32. The molecule has 1 atom stereocenters. The number of carbonyl (C=O) groups is 2. The van der Waals surface area contributed by atoms with Gasteiger partial charge >= 0.3 is 12.1 Å². The Labute approximate surface area is 179 Å². The van der Waals surface area contributed by atoms with Gasteiger partial charge in [-0.2, -0.15) is 18.3 Å². The first-order valence-corrected chi connectivity index (χ1v) is 9.22. The van der Waals surface area contributed by atoms with E-state index in [1.165, 1.54) is 13.2 Å². The van der Waals surface area contributed by atoms with Crippen molar-refractivity contribution in [2.75, 3.05) is 7.11 Å². The average molecular weight is 449 g/mol. The molecule has 0 aliphatic carbocycles. The maximum atomic E-state index is 13.6. The molecule has 0 aliphatic rings. The number of ether oxygens (including phenoxy) is 1. The van der Waals surface area contributed by atoms with Crippen LogP contribution in [-0.4, -0.2) is 39.0 Å². The van der Waals surface area contributed by atoms with Crippen LogP contribution in [0.2, 0.25) is 0 Å². The van der Waals surface area contributed by atoms with Crippen LogP contribution in [0.5, 0.6) is 11.6 Å². The Balaban J connectivity index is 1.96. The highest BCUT2D eigenvalue weighted by molar-refractivity contribution is 5.93. The second kappa shape index (κ2) is 9.00. The number of aromatic hydroxyl groups is 1. The largest absolute Gasteiger partial charge is 0.497 e. The van der Waals surface area contributed by atoms with Crippen LogP contribution in [0, 0.1) is 0 Å². The molecule has 1 unspecified atom stereocenters. The van der Waals surface area contributed by atoms with E-state index in [0.717, 1.165) is 22.9 Å². The molecule has 11 heteroatoms. The van der Waals surface area contributed by atoms with Crippen LogP contribution in [-0.2, 0) is 11.0 Å². The van der Waals surface area contributed by atoms with Gasteiger partial charge in [0.05, 0.1) is 30.8 Å². The van der Waals surface area contributed by atoms with Gasteiger partial charge in [-0.3, -0.25) is 9.59 Å². The first-order chi connectivity index (χ1) is 15.1. The van der Waals surface area contributed by atoms with Gasteiger partial charge < -0.3 is 20.3 Å². The number of amides is 1. The average Bonchev–Trinajstić information content (AvgIpc) is 3.14. The summed E-state index contributed by atoms with van der Waals surface area (Å²) in [6.07, 6.45) is -5.63. The van der Waals surface area contributed by atoms with Crippen LogP contribution < -0.4 is 10.1 Å². The van der Waals surface area contributed by atoms with Crippen LogP contribution in [0.15, 0.2) is 54.6 Å². The standard InChI is InChI=1S/C21H18F3N3O5/c1-32-13-7-8-14(15(9-13)21(22,23)24)16(11-19(29)30)25-20(31)17-10-18(28)27(26-17)12-5-3-2-4-6-12/h2-10,16,28H,11H2,1H3,(H,25,31)(H,29,30). The van der Waals surface area contributed by atoms with Crippen LogP contribution >= 0.6 is 0 Å². The Morgan fingerprint density at radius 2 is 1.84 bits per heavy atom. The summed E-state index contributed by atoms with van der Waals surface area (Å²) >= 11 is 0. The molecule has 0 saturated carbocycles. The van der Waals surface area contributed by atoms with E-state index in [1.807, 2.05) is 0 Å². The number of para-hydroxylation sites is 1. The number of carbonyl (C=O) groups excluding carboxylic acids is 1. The molecule has 2 aromatic carbocycles. The highest BCUT2D eigenvalue weighted by atomic mass is 19.4. The highest BCUT2D eigenvalue weighted by Crippen LogP contribution is 2.38. The first-order valence-electron chi connectivity index (χ1n) is 9.22. The van der Waals surface area contributed by atoms with Crippen LogP contribution in [0.3, 0.4) is 0 Å². The van der Waals surface area contributed by atoms with Crippen molar-refractivity contribution in [3.8, 4) is 17.3 Å². The molecular weight excluding hydrogens is 431 g/mol. The molecule has 8 nitrogen and oxygen atoms in total. The molecule has 1 amide bonds. The van der Waals surface area contributed by atoms with Crippen molar-refractivity contribution >= 4 is 11.9 Å². The van der Waals surface area contributed by atoms with Crippen LogP contribution in [0.25, 0.3) is 5.69 Å². The molecule has 3 aromatic rings. The summed E-state index contributed by atoms with van der Waals surface area (Å²) in [6.45, 7) is 0. The molecule has 168 valence electrons. The van der Waals surface area contributed by atoms with Gasteiger partial charge in [-0.1, -0.05) is 24.3 Å². The monoisotopic (exact) mass is 449 g/mol. The molecule has 1 aromatic heterocycles. The number of alkyl halides is 3. The fourth-order valence-corrected chi connectivity index (χ4v) is 3.10. The zero-order valence-electron chi connectivity index (χ0n) is 16.6. The van der Waals surface area contributed by atoms with Crippen molar-refractivity contribution in [1.82, 2.24) is 15.1 Å². The number of benzene rings is 2. The SMILES string of the molecule is COc1ccc(C(CC(=O)O)NC(=O)c2cc(O)n(-c3ccccc3)n2)c(C(F)(F)F)c1. The number of carboxylic acids is 1. The number of methoxy groups -OCH3 is 1. The molecule has 1 heterocycles. The van der Waals surface area contributed by atoms with Gasteiger partial charge in [-0.05, 0) is 29.8 Å². The fraction of sp³-hybridized carbons (Fsp3) is 0.190. The first kappa shape index (κ1) is 22.7. The molecule has 0 spiro atoms. The minimum Gasteiger partial charge on any atom is -0.497 e. The fourth-order valence-electron chi connectivity index (χ4n) is 3.10. The summed E-state index contributed by atoms with van der Waals surface area (Å²) < 4.78 is 46.7. The topological polar surface area (TPSA) is 114 Å². The number of hydrogen-bond acceptors (Lipinski definition) is 5. The Bertz CT molecular complexity index is 1130. The molecule has 0 saturated heterocycles. The molecule has 0 aliphatic heterocycles. The number of rotatable bonds is 7. The van der Waals surface area contributed by atoms with Crippen molar-refractivity contribution in [3.05, 3.63) is 71.4 Å². The molecular formula is C21H18F3N3O5. The van der Waals surface area contributed by atoms with E-state index >= 15 is 0 Å². The van der Waals surface area contributed by atoms with Crippen molar-refractivity contribution in [3.63, 3.8) is 0 Å². The number of halogens is 3. The number of hydrogen-bond donors (Lipinski definition) is 3. The summed E-state index contributed by atoms with van der Waals surface area (Å²) in [5.74, 6) is -2.83. The molecule has 0 bridgehead atoms. The minimum absolute atomic E-state index is 0.0759. The van der Waals surface area contributed by atoms with E-state index in [-0.39, 0.29) is 17.3 Å². The van der Waals surface area contributed by atoms with Crippen molar-refractivity contribution in [1.29, 1.82) is 0 Å². The minimum atomic E-state index is -4.82.